The van der Waals surface area contributed by atoms with Gasteiger partial charge in [0, 0.05) is 21.9 Å². The second-order valence-corrected chi connectivity index (χ2v) is 8.21. The van der Waals surface area contributed by atoms with Crippen LogP contribution in [0.15, 0.2) is 24.3 Å². The molecule has 1 aliphatic heterocycles. The highest BCUT2D eigenvalue weighted by molar-refractivity contribution is 6.35. The Balaban J connectivity index is 2.11. The molecule has 0 saturated carbocycles. The number of halogens is 2. The van der Waals surface area contributed by atoms with Crippen molar-refractivity contribution in [3.63, 3.8) is 0 Å². The average Bonchev–Trinajstić information content (AvgIpc) is 2.53. The molecule has 1 aliphatic rings. The lowest BCUT2D eigenvalue weighted by molar-refractivity contribution is -0.274. The minimum Gasteiger partial charge on any atom is -0.346 e. The summed E-state index contributed by atoms with van der Waals surface area (Å²) in [7, 11) is 0. The first-order chi connectivity index (χ1) is 11.4. The topological polar surface area (TPSA) is 18.5 Å². The van der Waals surface area contributed by atoms with Crippen LogP contribution in [-0.2, 0) is 9.47 Å². The third-order valence-electron chi connectivity index (χ3n) is 4.27. The van der Waals surface area contributed by atoms with Gasteiger partial charge in [0.25, 0.3) is 0 Å². The largest absolute Gasteiger partial charge is 0.346 e. The molecule has 0 aliphatic carbocycles. The van der Waals surface area contributed by atoms with Crippen LogP contribution in [0.4, 0.5) is 0 Å². The summed E-state index contributed by atoms with van der Waals surface area (Å²) in [5.41, 5.74) is 0.976. The third-order valence-corrected chi connectivity index (χ3v) is 4.83. The number of hydrogen-bond acceptors (Lipinski definition) is 2. The van der Waals surface area contributed by atoms with E-state index in [1.165, 1.54) is 19.3 Å². The highest BCUT2D eigenvalue weighted by Gasteiger charge is 2.38. The van der Waals surface area contributed by atoms with Crippen LogP contribution in [0, 0.1) is 5.41 Å². The Morgan fingerprint density at radius 1 is 1.08 bits per heavy atom. The first-order valence-corrected chi connectivity index (χ1v) is 9.54. The minimum atomic E-state index is -0.647. The van der Waals surface area contributed by atoms with Crippen molar-refractivity contribution in [3.8, 4) is 0 Å². The maximum atomic E-state index is 6.27. The second kappa shape index (κ2) is 8.71. The Morgan fingerprint density at radius 3 is 2.42 bits per heavy atom. The molecule has 1 aromatic rings. The molecule has 134 valence electrons. The lowest BCUT2D eigenvalue weighted by Crippen LogP contribution is -2.46. The maximum Gasteiger partial charge on any atom is 0.188 e. The highest BCUT2D eigenvalue weighted by atomic mass is 35.5. The predicted molar refractivity (Wildman–Crippen MR) is 103 cm³/mol. The van der Waals surface area contributed by atoms with Gasteiger partial charge in [-0.3, -0.25) is 0 Å². The standard InChI is InChI=1S/C20H28Cl2O2/c1-4-5-6-7-11-20(23-14-19(2,3)15-24-20)12-10-16-8-9-17(21)13-18(16)22/h8-10,12-13H,4-7,11,14-15H2,1-3H3/b12-10+. The molecule has 0 radical (unpaired) electrons. The van der Waals surface area contributed by atoms with Crippen LogP contribution >= 0.6 is 23.2 Å². The van der Waals surface area contributed by atoms with Gasteiger partial charge in [0.2, 0.25) is 0 Å². The molecule has 1 fully saturated rings. The van der Waals surface area contributed by atoms with Crippen molar-refractivity contribution >= 4 is 29.3 Å². The normalized spacial score (nSPS) is 19.7. The monoisotopic (exact) mass is 370 g/mol. The van der Waals surface area contributed by atoms with E-state index in [0.29, 0.717) is 23.3 Å². The summed E-state index contributed by atoms with van der Waals surface area (Å²) in [5.74, 6) is -0.647. The fourth-order valence-electron chi connectivity index (χ4n) is 2.69. The van der Waals surface area contributed by atoms with Crippen molar-refractivity contribution in [2.45, 2.75) is 58.7 Å². The van der Waals surface area contributed by atoms with Crippen LogP contribution in [-0.4, -0.2) is 19.0 Å². The van der Waals surface area contributed by atoms with E-state index in [0.717, 1.165) is 18.4 Å². The Kier molecular flexibility index (Phi) is 7.18. The van der Waals surface area contributed by atoms with Crippen LogP contribution in [0.5, 0.6) is 0 Å². The minimum absolute atomic E-state index is 0.0542. The molecule has 0 amide bonds. The molecular formula is C20H28Cl2O2. The molecular weight excluding hydrogens is 343 g/mol. The summed E-state index contributed by atoms with van der Waals surface area (Å²) in [4.78, 5) is 0. The quantitative estimate of drug-likeness (QED) is 0.494. The first kappa shape index (κ1) is 19.8. The van der Waals surface area contributed by atoms with Gasteiger partial charge in [0.15, 0.2) is 5.79 Å². The molecule has 0 N–H and O–H groups in total. The Bertz CT molecular complexity index is 557. The third kappa shape index (κ3) is 5.77. The summed E-state index contributed by atoms with van der Waals surface area (Å²) in [5, 5.41) is 1.27. The van der Waals surface area contributed by atoms with Gasteiger partial charge in [-0.2, -0.15) is 0 Å². The Morgan fingerprint density at radius 2 is 1.79 bits per heavy atom. The van der Waals surface area contributed by atoms with Gasteiger partial charge in [0.05, 0.1) is 13.2 Å². The van der Waals surface area contributed by atoms with E-state index in [-0.39, 0.29) is 5.41 Å². The number of benzene rings is 1. The van der Waals surface area contributed by atoms with Crippen molar-refractivity contribution in [1.82, 2.24) is 0 Å². The van der Waals surface area contributed by atoms with Crippen LogP contribution in [0.2, 0.25) is 10.0 Å². The van der Waals surface area contributed by atoms with Crippen molar-refractivity contribution in [2.24, 2.45) is 5.41 Å². The van der Waals surface area contributed by atoms with E-state index < -0.39 is 5.79 Å². The van der Waals surface area contributed by atoms with Gasteiger partial charge in [-0.05, 0) is 30.2 Å². The second-order valence-electron chi connectivity index (χ2n) is 7.36. The molecule has 2 rings (SSSR count). The zero-order valence-corrected chi connectivity index (χ0v) is 16.4. The van der Waals surface area contributed by atoms with Gasteiger partial charge in [-0.25, -0.2) is 0 Å². The van der Waals surface area contributed by atoms with Crippen molar-refractivity contribution in [3.05, 3.63) is 39.9 Å². The van der Waals surface area contributed by atoms with E-state index in [2.05, 4.69) is 20.8 Å². The van der Waals surface area contributed by atoms with E-state index in [4.69, 9.17) is 32.7 Å². The lowest BCUT2D eigenvalue weighted by Gasteiger charge is -2.42. The Hall–Kier alpha value is -0.540. The summed E-state index contributed by atoms with van der Waals surface area (Å²) in [6.45, 7) is 7.93. The highest BCUT2D eigenvalue weighted by Crippen LogP contribution is 2.35. The molecule has 1 heterocycles. The van der Waals surface area contributed by atoms with Crippen LogP contribution < -0.4 is 0 Å². The SMILES string of the molecule is CCCCCCC1(/C=C/c2ccc(Cl)cc2Cl)OCC(C)(C)CO1. The molecule has 0 bridgehead atoms. The predicted octanol–water partition coefficient (Wildman–Crippen LogP) is 6.75. The summed E-state index contributed by atoms with van der Waals surface area (Å²) >= 11 is 12.2. The molecule has 4 heteroatoms. The number of ether oxygens (including phenoxy) is 2. The van der Waals surface area contributed by atoms with Gasteiger partial charge in [0.1, 0.15) is 0 Å². The number of hydrogen-bond donors (Lipinski definition) is 0. The average molecular weight is 371 g/mol. The molecule has 2 nitrogen and oxygen atoms in total. The van der Waals surface area contributed by atoms with Crippen molar-refractivity contribution < 1.29 is 9.47 Å². The first-order valence-electron chi connectivity index (χ1n) is 8.78. The smallest absolute Gasteiger partial charge is 0.188 e. The summed E-state index contributed by atoms with van der Waals surface area (Å²) in [6, 6.07) is 5.51. The summed E-state index contributed by atoms with van der Waals surface area (Å²) in [6.07, 6.45) is 9.62. The van der Waals surface area contributed by atoms with Crippen LogP contribution in [0.25, 0.3) is 6.08 Å². The van der Waals surface area contributed by atoms with E-state index >= 15 is 0 Å². The van der Waals surface area contributed by atoms with Gasteiger partial charge < -0.3 is 9.47 Å². The number of unbranched alkanes of at least 4 members (excludes halogenated alkanes) is 3. The van der Waals surface area contributed by atoms with Gasteiger partial charge >= 0.3 is 0 Å². The van der Waals surface area contributed by atoms with Gasteiger partial charge in [-0.15, -0.1) is 0 Å². The van der Waals surface area contributed by atoms with Crippen LogP contribution in [0.1, 0.15) is 58.4 Å². The molecule has 0 spiro atoms. The zero-order valence-electron chi connectivity index (χ0n) is 14.9. The summed E-state index contributed by atoms with van der Waals surface area (Å²) < 4.78 is 12.3. The Labute approximate surface area is 156 Å². The molecule has 0 aromatic heterocycles. The van der Waals surface area contributed by atoms with E-state index in [9.17, 15) is 0 Å². The fourth-order valence-corrected chi connectivity index (χ4v) is 3.17. The van der Waals surface area contributed by atoms with Gasteiger partial charge in [-0.1, -0.05) is 75.4 Å². The molecule has 1 saturated heterocycles. The molecule has 0 unspecified atom stereocenters. The van der Waals surface area contributed by atoms with E-state index in [1.54, 1.807) is 6.07 Å². The van der Waals surface area contributed by atoms with Crippen molar-refractivity contribution in [2.75, 3.05) is 13.2 Å². The van der Waals surface area contributed by atoms with Crippen molar-refractivity contribution in [1.29, 1.82) is 0 Å². The molecule has 0 atom stereocenters. The number of rotatable bonds is 7. The lowest BCUT2D eigenvalue weighted by atomic mass is 9.93. The molecule has 24 heavy (non-hydrogen) atoms. The maximum absolute atomic E-state index is 6.27. The molecule has 1 aromatic carbocycles. The van der Waals surface area contributed by atoms with Crippen LogP contribution in [0.3, 0.4) is 0 Å². The van der Waals surface area contributed by atoms with E-state index in [1.807, 2.05) is 24.3 Å². The fraction of sp³-hybridized carbons (Fsp3) is 0.600. The zero-order chi connectivity index (χ0) is 17.6.